The predicted octanol–water partition coefficient (Wildman–Crippen LogP) is 1.60. The molecule has 3 atom stereocenters. The molecule has 0 spiro atoms. The van der Waals surface area contributed by atoms with E-state index in [4.69, 9.17) is 0 Å². The van der Waals surface area contributed by atoms with Gasteiger partial charge in [-0.1, -0.05) is 19.1 Å². The van der Waals surface area contributed by atoms with Crippen molar-refractivity contribution in [2.24, 2.45) is 5.92 Å². The Morgan fingerprint density at radius 2 is 1.59 bits per heavy atom. The molecule has 0 aromatic heterocycles. The number of carbonyl (C=O) groups is 3. The van der Waals surface area contributed by atoms with Crippen LogP contribution in [-0.2, 0) is 30.0 Å². The first-order chi connectivity index (χ1) is 12.5. The molecule has 1 rings (SSSR count). The highest BCUT2D eigenvalue weighted by atomic mass is 19.4. The van der Waals surface area contributed by atoms with Crippen LogP contribution in [0.1, 0.15) is 30.6 Å². The molecule has 0 aliphatic carbocycles. The van der Waals surface area contributed by atoms with Gasteiger partial charge in [-0.3, -0.25) is 9.59 Å². The molecule has 0 saturated carbocycles. The van der Waals surface area contributed by atoms with Crippen molar-refractivity contribution in [3.8, 4) is 0 Å². The molecule has 0 aliphatic heterocycles. The van der Waals surface area contributed by atoms with Crippen LogP contribution >= 0.6 is 0 Å². The minimum Gasteiger partial charge on any atom is -0.469 e. The van der Waals surface area contributed by atoms with Gasteiger partial charge in [0.05, 0.1) is 25.7 Å². The average Bonchev–Trinajstić information content (AvgIpc) is 2.64. The van der Waals surface area contributed by atoms with Crippen LogP contribution in [0.5, 0.6) is 0 Å². The van der Waals surface area contributed by atoms with Gasteiger partial charge in [0.2, 0.25) is 0 Å². The van der Waals surface area contributed by atoms with Crippen LogP contribution < -0.4 is 5.32 Å². The standard InChI is InChI=1S/C17H20F3NO6/c1-9(15(24)26-2)8-12(16(25)27-3)21-14(23)13(22)10-4-6-11(7-5-10)17(18,19)20/h4-7,9,12-13,22H,8H2,1-3H3,(H,21,23)/t9-,12-,13+/m0/s1. The first kappa shape index (κ1) is 22.4. The van der Waals surface area contributed by atoms with Gasteiger partial charge < -0.3 is 19.9 Å². The van der Waals surface area contributed by atoms with Crippen LogP contribution in [0.15, 0.2) is 24.3 Å². The van der Waals surface area contributed by atoms with Gasteiger partial charge in [-0.2, -0.15) is 13.2 Å². The van der Waals surface area contributed by atoms with Gasteiger partial charge in [-0.25, -0.2) is 4.79 Å². The molecule has 1 aromatic carbocycles. The van der Waals surface area contributed by atoms with E-state index >= 15 is 0 Å². The predicted molar refractivity (Wildman–Crippen MR) is 86.1 cm³/mol. The molecule has 1 aromatic rings. The Labute approximate surface area is 153 Å². The molecule has 7 nitrogen and oxygen atoms in total. The number of esters is 2. The van der Waals surface area contributed by atoms with Gasteiger partial charge in [0.1, 0.15) is 6.04 Å². The van der Waals surface area contributed by atoms with E-state index in [1.165, 1.54) is 14.0 Å². The van der Waals surface area contributed by atoms with Crippen LogP contribution in [-0.4, -0.2) is 43.2 Å². The van der Waals surface area contributed by atoms with E-state index in [9.17, 15) is 32.7 Å². The summed E-state index contributed by atoms with van der Waals surface area (Å²) in [5.41, 5.74) is -1.02. The quantitative estimate of drug-likeness (QED) is 0.685. The third kappa shape index (κ3) is 6.24. The second-order valence-electron chi connectivity index (χ2n) is 5.77. The van der Waals surface area contributed by atoms with Gasteiger partial charge >= 0.3 is 18.1 Å². The van der Waals surface area contributed by atoms with E-state index < -0.39 is 47.6 Å². The number of benzene rings is 1. The molecule has 0 fully saturated rings. The number of hydrogen-bond donors (Lipinski definition) is 2. The monoisotopic (exact) mass is 391 g/mol. The lowest BCUT2D eigenvalue weighted by molar-refractivity contribution is -0.149. The van der Waals surface area contributed by atoms with Crippen molar-refractivity contribution in [1.82, 2.24) is 5.32 Å². The summed E-state index contributed by atoms with van der Waals surface area (Å²) in [6, 6.07) is 2.11. The number of ether oxygens (including phenoxy) is 2. The van der Waals surface area contributed by atoms with E-state index in [0.717, 1.165) is 31.4 Å². The second-order valence-corrected chi connectivity index (χ2v) is 5.77. The number of aliphatic hydroxyl groups is 1. The van der Waals surface area contributed by atoms with Crippen molar-refractivity contribution < 1.29 is 42.1 Å². The van der Waals surface area contributed by atoms with E-state index in [1.54, 1.807) is 0 Å². The summed E-state index contributed by atoms with van der Waals surface area (Å²) >= 11 is 0. The van der Waals surface area contributed by atoms with Crippen molar-refractivity contribution in [2.45, 2.75) is 31.7 Å². The van der Waals surface area contributed by atoms with Gasteiger partial charge in [0.15, 0.2) is 6.10 Å². The Morgan fingerprint density at radius 3 is 2.04 bits per heavy atom. The van der Waals surface area contributed by atoms with Crippen molar-refractivity contribution in [3.05, 3.63) is 35.4 Å². The second kappa shape index (κ2) is 9.36. The lowest BCUT2D eigenvalue weighted by Crippen LogP contribution is -2.45. The Hall–Kier alpha value is -2.62. The van der Waals surface area contributed by atoms with E-state index in [2.05, 4.69) is 14.8 Å². The molecule has 1 amide bonds. The van der Waals surface area contributed by atoms with Gasteiger partial charge in [0, 0.05) is 0 Å². The van der Waals surface area contributed by atoms with E-state index in [0.29, 0.717) is 0 Å². The van der Waals surface area contributed by atoms with Crippen molar-refractivity contribution in [1.29, 1.82) is 0 Å². The summed E-state index contributed by atoms with van der Waals surface area (Å²) < 4.78 is 46.8. The lowest BCUT2D eigenvalue weighted by atomic mass is 10.0. The average molecular weight is 391 g/mol. The molecular weight excluding hydrogens is 371 g/mol. The summed E-state index contributed by atoms with van der Waals surface area (Å²) in [6.45, 7) is 1.47. The topological polar surface area (TPSA) is 102 Å². The number of alkyl halides is 3. The first-order valence-electron chi connectivity index (χ1n) is 7.82. The molecule has 150 valence electrons. The third-order valence-electron chi connectivity index (χ3n) is 3.80. The molecular formula is C17H20F3NO6. The Bertz CT molecular complexity index is 674. The van der Waals surface area contributed by atoms with Gasteiger partial charge in [-0.05, 0) is 24.1 Å². The normalized spacial score (nSPS) is 14.6. The SMILES string of the molecule is COC(=O)[C@H](C[C@H](C)C(=O)OC)NC(=O)[C@H](O)c1ccc(C(F)(F)F)cc1. The summed E-state index contributed by atoms with van der Waals surface area (Å²) in [5.74, 6) is -3.23. The minimum atomic E-state index is -4.55. The third-order valence-corrected chi connectivity index (χ3v) is 3.80. The molecule has 2 N–H and O–H groups in total. The van der Waals surface area contributed by atoms with Crippen LogP contribution in [0.4, 0.5) is 13.2 Å². The summed E-state index contributed by atoms with van der Waals surface area (Å²) in [4.78, 5) is 35.5. The number of rotatable bonds is 7. The highest BCUT2D eigenvalue weighted by Crippen LogP contribution is 2.30. The van der Waals surface area contributed by atoms with Gasteiger partial charge in [0.25, 0.3) is 5.91 Å². The summed E-state index contributed by atoms with van der Waals surface area (Å²) in [6.07, 6.45) is -6.51. The van der Waals surface area contributed by atoms with Crippen LogP contribution in [0.25, 0.3) is 0 Å². The maximum Gasteiger partial charge on any atom is 0.416 e. The first-order valence-corrected chi connectivity index (χ1v) is 7.82. The maximum atomic E-state index is 12.6. The number of carbonyl (C=O) groups excluding carboxylic acids is 3. The van der Waals surface area contributed by atoms with Crippen LogP contribution in [0.3, 0.4) is 0 Å². The molecule has 27 heavy (non-hydrogen) atoms. The maximum absolute atomic E-state index is 12.6. The van der Waals surface area contributed by atoms with Gasteiger partial charge in [-0.15, -0.1) is 0 Å². The van der Waals surface area contributed by atoms with Crippen LogP contribution in [0.2, 0.25) is 0 Å². The number of aliphatic hydroxyl groups excluding tert-OH is 1. The Morgan fingerprint density at radius 1 is 1.07 bits per heavy atom. The van der Waals surface area contributed by atoms with E-state index in [-0.39, 0.29) is 12.0 Å². The molecule has 0 saturated heterocycles. The number of methoxy groups -OCH3 is 2. The molecule has 0 unspecified atom stereocenters. The number of hydrogen-bond acceptors (Lipinski definition) is 6. The molecule has 0 heterocycles. The molecule has 0 radical (unpaired) electrons. The zero-order valence-corrected chi connectivity index (χ0v) is 14.9. The largest absolute Gasteiger partial charge is 0.469 e. The number of nitrogens with one attached hydrogen (secondary N) is 1. The fourth-order valence-corrected chi connectivity index (χ4v) is 2.26. The molecule has 10 heteroatoms. The van der Waals surface area contributed by atoms with E-state index in [1.807, 2.05) is 0 Å². The Balaban J connectivity index is 2.87. The molecule has 0 aliphatic rings. The fraction of sp³-hybridized carbons (Fsp3) is 0.471. The zero-order chi connectivity index (χ0) is 20.8. The summed E-state index contributed by atoms with van der Waals surface area (Å²) in [5, 5.41) is 12.3. The fourth-order valence-electron chi connectivity index (χ4n) is 2.26. The highest BCUT2D eigenvalue weighted by molar-refractivity contribution is 5.88. The van der Waals surface area contributed by atoms with Crippen molar-refractivity contribution in [2.75, 3.05) is 14.2 Å². The smallest absolute Gasteiger partial charge is 0.416 e. The summed E-state index contributed by atoms with van der Waals surface area (Å²) in [7, 11) is 2.25. The van der Waals surface area contributed by atoms with Crippen molar-refractivity contribution in [3.63, 3.8) is 0 Å². The Kier molecular flexibility index (Phi) is 7.77. The zero-order valence-electron chi connectivity index (χ0n) is 14.9. The van der Waals surface area contributed by atoms with Crippen LogP contribution in [0, 0.1) is 5.92 Å². The highest BCUT2D eigenvalue weighted by Gasteiger charge is 2.32. The minimum absolute atomic E-state index is 0.0925. The van der Waals surface area contributed by atoms with Crippen molar-refractivity contribution >= 4 is 17.8 Å². The number of amides is 1. The molecule has 0 bridgehead atoms. The lowest BCUT2D eigenvalue weighted by Gasteiger charge is -2.21. The number of halogens is 3.